The molecule has 6 heteroatoms. The molecule has 1 fully saturated rings. The van der Waals surface area contributed by atoms with Crippen LogP contribution in [0.25, 0.3) is 0 Å². The van der Waals surface area contributed by atoms with Gasteiger partial charge in [-0.3, -0.25) is 9.69 Å². The van der Waals surface area contributed by atoms with E-state index >= 15 is 0 Å². The number of rotatable bonds is 5. The molecule has 1 N–H and O–H groups in total. The number of aliphatic hydroxyl groups is 1. The lowest BCUT2D eigenvalue weighted by Crippen LogP contribution is -2.36. The highest BCUT2D eigenvalue weighted by atomic mass is 16.3. The fourth-order valence-electron chi connectivity index (χ4n) is 2.62. The van der Waals surface area contributed by atoms with Gasteiger partial charge in [-0.2, -0.15) is 0 Å². The van der Waals surface area contributed by atoms with Crippen LogP contribution in [0.15, 0.2) is 17.2 Å². The monoisotopic (exact) mass is 280 g/mol. The number of aromatic nitrogens is 2. The van der Waals surface area contributed by atoms with Crippen molar-refractivity contribution in [3.8, 4) is 0 Å². The average molecular weight is 280 g/mol. The van der Waals surface area contributed by atoms with Crippen LogP contribution in [-0.2, 0) is 6.54 Å². The fourth-order valence-corrected chi connectivity index (χ4v) is 2.62. The Balaban J connectivity index is 2.11. The van der Waals surface area contributed by atoms with Gasteiger partial charge in [-0.05, 0) is 19.4 Å². The number of nitrogens with zero attached hydrogens (tertiary/aromatic N) is 4. The highest BCUT2D eigenvalue weighted by Gasteiger charge is 2.18. The van der Waals surface area contributed by atoms with E-state index in [4.69, 9.17) is 5.11 Å². The zero-order valence-electron chi connectivity index (χ0n) is 12.2. The summed E-state index contributed by atoms with van der Waals surface area (Å²) in [6, 6.07) is 0. The van der Waals surface area contributed by atoms with Crippen molar-refractivity contribution >= 4 is 5.82 Å². The first-order valence-electron chi connectivity index (χ1n) is 7.40. The van der Waals surface area contributed by atoms with E-state index in [2.05, 4.69) is 21.7 Å². The van der Waals surface area contributed by atoms with Crippen LogP contribution >= 0.6 is 0 Å². The van der Waals surface area contributed by atoms with Crippen molar-refractivity contribution in [1.82, 2.24) is 14.5 Å². The summed E-state index contributed by atoms with van der Waals surface area (Å²) in [5, 5.41) is 9.01. The molecule has 2 rings (SSSR count). The van der Waals surface area contributed by atoms with Gasteiger partial charge in [-0.1, -0.05) is 6.92 Å². The first kappa shape index (κ1) is 15.0. The number of aliphatic hydroxyl groups excluding tert-OH is 1. The van der Waals surface area contributed by atoms with E-state index < -0.39 is 0 Å². The van der Waals surface area contributed by atoms with Crippen molar-refractivity contribution in [3.63, 3.8) is 0 Å². The van der Waals surface area contributed by atoms with Gasteiger partial charge in [0.2, 0.25) is 0 Å². The van der Waals surface area contributed by atoms with Crippen LogP contribution in [0.2, 0.25) is 0 Å². The number of anilines is 1. The highest BCUT2D eigenvalue weighted by Crippen LogP contribution is 2.09. The lowest BCUT2D eigenvalue weighted by atomic mass is 10.3. The van der Waals surface area contributed by atoms with E-state index in [-0.39, 0.29) is 12.2 Å². The molecule has 0 atom stereocenters. The minimum Gasteiger partial charge on any atom is -0.395 e. The molecule has 0 bridgehead atoms. The molecule has 1 aliphatic rings. The molecule has 1 saturated heterocycles. The predicted octanol–water partition coefficient (Wildman–Crippen LogP) is 0.158. The van der Waals surface area contributed by atoms with Crippen molar-refractivity contribution in [2.45, 2.75) is 26.3 Å². The van der Waals surface area contributed by atoms with Crippen molar-refractivity contribution in [2.24, 2.45) is 0 Å². The van der Waals surface area contributed by atoms with Gasteiger partial charge in [0, 0.05) is 45.1 Å². The third-order valence-electron chi connectivity index (χ3n) is 3.66. The molecule has 0 aromatic carbocycles. The lowest BCUT2D eigenvalue weighted by Gasteiger charge is -2.22. The Kier molecular flexibility index (Phi) is 5.55. The molecular weight excluding hydrogens is 256 g/mol. The number of β-amino-alcohol motifs (C(OH)–C–C–N with tert-alkyl or cyclic N) is 1. The van der Waals surface area contributed by atoms with Crippen LogP contribution in [-0.4, -0.2) is 58.9 Å². The molecule has 2 heterocycles. The zero-order chi connectivity index (χ0) is 14.4. The predicted molar refractivity (Wildman–Crippen MR) is 79.1 cm³/mol. The SMILES string of the molecule is CCCn1ccnc(N2CCCN(CCO)CC2)c1=O. The molecule has 0 radical (unpaired) electrons. The summed E-state index contributed by atoms with van der Waals surface area (Å²) in [7, 11) is 0. The van der Waals surface area contributed by atoms with E-state index in [1.54, 1.807) is 17.0 Å². The van der Waals surface area contributed by atoms with E-state index in [0.717, 1.165) is 45.6 Å². The summed E-state index contributed by atoms with van der Waals surface area (Å²) in [4.78, 5) is 21.0. The molecule has 1 aliphatic heterocycles. The van der Waals surface area contributed by atoms with Crippen LogP contribution in [0.4, 0.5) is 5.82 Å². The third-order valence-corrected chi connectivity index (χ3v) is 3.66. The summed E-state index contributed by atoms with van der Waals surface area (Å²) in [6.45, 7) is 7.16. The largest absolute Gasteiger partial charge is 0.395 e. The molecule has 0 spiro atoms. The summed E-state index contributed by atoms with van der Waals surface area (Å²) in [5.41, 5.74) is 0.00459. The summed E-state index contributed by atoms with van der Waals surface area (Å²) < 4.78 is 1.73. The van der Waals surface area contributed by atoms with Gasteiger partial charge >= 0.3 is 0 Å². The minimum absolute atomic E-state index is 0.00459. The van der Waals surface area contributed by atoms with E-state index in [0.29, 0.717) is 12.4 Å². The molecule has 0 unspecified atom stereocenters. The molecule has 20 heavy (non-hydrogen) atoms. The van der Waals surface area contributed by atoms with Gasteiger partial charge in [0.15, 0.2) is 5.82 Å². The second-order valence-corrected chi connectivity index (χ2v) is 5.16. The Morgan fingerprint density at radius 3 is 2.85 bits per heavy atom. The molecule has 112 valence electrons. The van der Waals surface area contributed by atoms with Crippen molar-refractivity contribution in [3.05, 3.63) is 22.7 Å². The lowest BCUT2D eigenvalue weighted by molar-refractivity contribution is 0.204. The Hall–Kier alpha value is -1.40. The highest BCUT2D eigenvalue weighted by molar-refractivity contribution is 5.35. The van der Waals surface area contributed by atoms with Gasteiger partial charge in [-0.15, -0.1) is 0 Å². The molecule has 6 nitrogen and oxygen atoms in total. The van der Waals surface area contributed by atoms with Crippen LogP contribution in [0, 0.1) is 0 Å². The Morgan fingerprint density at radius 1 is 1.25 bits per heavy atom. The Labute approximate surface area is 119 Å². The van der Waals surface area contributed by atoms with Crippen molar-refractivity contribution in [1.29, 1.82) is 0 Å². The second kappa shape index (κ2) is 7.40. The molecule has 1 aromatic rings. The molecule has 0 amide bonds. The standard InChI is InChI=1S/C14H24N4O2/c1-2-5-18-8-4-15-13(14(18)20)17-7-3-6-16(9-10-17)11-12-19/h4,8,19H,2-3,5-7,9-12H2,1H3. The summed E-state index contributed by atoms with van der Waals surface area (Å²) in [6.07, 6.45) is 5.39. The zero-order valence-corrected chi connectivity index (χ0v) is 12.2. The van der Waals surface area contributed by atoms with Crippen LogP contribution in [0.3, 0.4) is 0 Å². The van der Waals surface area contributed by atoms with Crippen LogP contribution in [0.5, 0.6) is 0 Å². The molecule has 0 saturated carbocycles. The van der Waals surface area contributed by atoms with E-state index in [1.165, 1.54) is 0 Å². The smallest absolute Gasteiger partial charge is 0.293 e. The van der Waals surface area contributed by atoms with Crippen molar-refractivity contribution in [2.75, 3.05) is 44.2 Å². The molecule has 0 aliphatic carbocycles. The van der Waals surface area contributed by atoms with Crippen molar-refractivity contribution < 1.29 is 5.11 Å². The third kappa shape index (κ3) is 3.58. The molecular formula is C14H24N4O2. The summed E-state index contributed by atoms with van der Waals surface area (Å²) in [5.74, 6) is 0.562. The van der Waals surface area contributed by atoms with Gasteiger partial charge in [-0.25, -0.2) is 4.98 Å². The number of aryl methyl sites for hydroxylation is 1. The first-order valence-corrected chi connectivity index (χ1v) is 7.40. The van der Waals surface area contributed by atoms with Gasteiger partial charge < -0.3 is 14.6 Å². The minimum atomic E-state index is 0.00459. The van der Waals surface area contributed by atoms with Gasteiger partial charge in [0.1, 0.15) is 0 Å². The van der Waals surface area contributed by atoms with Gasteiger partial charge in [0.25, 0.3) is 5.56 Å². The fraction of sp³-hybridized carbons (Fsp3) is 0.714. The topological polar surface area (TPSA) is 61.6 Å². The maximum Gasteiger partial charge on any atom is 0.293 e. The Bertz CT molecular complexity index is 474. The maximum atomic E-state index is 12.4. The van der Waals surface area contributed by atoms with E-state index in [1.807, 2.05) is 0 Å². The summed E-state index contributed by atoms with van der Waals surface area (Å²) >= 11 is 0. The van der Waals surface area contributed by atoms with E-state index in [9.17, 15) is 4.79 Å². The quantitative estimate of drug-likeness (QED) is 0.832. The van der Waals surface area contributed by atoms with Crippen LogP contribution < -0.4 is 10.5 Å². The Morgan fingerprint density at radius 2 is 2.10 bits per heavy atom. The average Bonchev–Trinajstić information content (AvgIpc) is 2.68. The number of hydrogen-bond acceptors (Lipinski definition) is 5. The van der Waals surface area contributed by atoms with Gasteiger partial charge in [0.05, 0.1) is 6.61 Å². The normalized spacial score (nSPS) is 17.2. The number of hydrogen-bond donors (Lipinski definition) is 1. The first-order chi connectivity index (χ1) is 9.76. The van der Waals surface area contributed by atoms with Crippen LogP contribution in [0.1, 0.15) is 19.8 Å². The second-order valence-electron chi connectivity index (χ2n) is 5.16. The maximum absolute atomic E-state index is 12.4. The molecule has 1 aromatic heterocycles.